The second-order valence-corrected chi connectivity index (χ2v) is 9.21. The molecule has 3 aliphatic heterocycles. The van der Waals surface area contributed by atoms with E-state index in [0.717, 1.165) is 48.9 Å². The van der Waals surface area contributed by atoms with Gasteiger partial charge in [0.1, 0.15) is 11.5 Å². The number of nitrogens with one attached hydrogen (secondary N) is 2. The highest BCUT2D eigenvalue weighted by atomic mass is 16.3. The van der Waals surface area contributed by atoms with E-state index in [4.69, 9.17) is 9.40 Å². The van der Waals surface area contributed by atoms with Crippen LogP contribution < -0.4 is 10.6 Å². The molecule has 6 rings (SSSR count). The van der Waals surface area contributed by atoms with Gasteiger partial charge in [0.15, 0.2) is 11.5 Å². The number of amides is 2. The summed E-state index contributed by atoms with van der Waals surface area (Å²) < 4.78 is 5.55. The molecule has 2 N–H and O–H groups in total. The lowest BCUT2D eigenvalue weighted by molar-refractivity contribution is 0.0307. The number of ketones is 1. The fourth-order valence-electron chi connectivity index (χ4n) is 5.19. The van der Waals surface area contributed by atoms with Crippen molar-refractivity contribution in [3.8, 4) is 11.5 Å². The molecule has 34 heavy (non-hydrogen) atoms. The van der Waals surface area contributed by atoms with Gasteiger partial charge >= 0.3 is 6.03 Å². The van der Waals surface area contributed by atoms with Crippen LogP contribution >= 0.6 is 0 Å². The summed E-state index contributed by atoms with van der Waals surface area (Å²) in [6.07, 6.45) is 3.82. The molecule has 0 spiro atoms. The maximum atomic E-state index is 12.4. The minimum absolute atomic E-state index is 0.00465. The number of Topliss-reactive ketones (excluding diaryl/α,β-unsaturated/α-hetero) is 1. The average Bonchev–Trinajstić information content (AvgIpc) is 3.38. The highest BCUT2D eigenvalue weighted by molar-refractivity contribution is 5.95. The van der Waals surface area contributed by atoms with Gasteiger partial charge in [-0.1, -0.05) is 0 Å². The van der Waals surface area contributed by atoms with Gasteiger partial charge in [-0.3, -0.25) is 9.69 Å². The number of fused-ring (bicyclic) bond motifs is 3. The van der Waals surface area contributed by atoms with Crippen molar-refractivity contribution in [2.45, 2.75) is 38.6 Å². The SMILES string of the molecule is CC(=O)c1ccc(NC(=O)NC[C@H]2C[C@@H]3CCN2C[C@@H]3c2cc(-c3ccco3)nc(C)n2)cc1. The molecule has 1 aromatic carbocycles. The van der Waals surface area contributed by atoms with Gasteiger partial charge in [-0.05, 0) is 81.6 Å². The van der Waals surface area contributed by atoms with Gasteiger partial charge in [-0.15, -0.1) is 0 Å². The molecule has 2 bridgehead atoms. The number of carbonyl (C=O) groups is 2. The topological polar surface area (TPSA) is 100 Å². The standard InChI is InChI=1S/C26H29N5O3/c1-16(32)18-5-7-20(8-6-18)30-26(33)27-14-21-12-19-9-10-31(21)15-22(19)23-13-24(29-17(2)28-23)25-4-3-11-34-25/h3-8,11,13,19,21-22H,9-10,12,14-15H2,1-2H3,(H2,27,30,33)/t19-,21+,22-/m0/s1. The number of piperidine rings is 3. The minimum atomic E-state index is -0.232. The molecule has 0 aliphatic carbocycles. The first-order valence-electron chi connectivity index (χ1n) is 11.8. The highest BCUT2D eigenvalue weighted by Gasteiger charge is 2.41. The number of aromatic nitrogens is 2. The van der Waals surface area contributed by atoms with Crippen LogP contribution in [0.2, 0.25) is 0 Å². The third kappa shape index (κ3) is 4.72. The lowest BCUT2D eigenvalue weighted by atomic mass is 9.74. The quantitative estimate of drug-likeness (QED) is 0.535. The molecular weight excluding hydrogens is 430 g/mol. The summed E-state index contributed by atoms with van der Waals surface area (Å²) in [7, 11) is 0. The van der Waals surface area contributed by atoms with E-state index in [-0.39, 0.29) is 11.8 Å². The van der Waals surface area contributed by atoms with E-state index in [1.54, 1.807) is 30.5 Å². The van der Waals surface area contributed by atoms with Crippen molar-refractivity contribution in [1.29, 1.82) is 0 Å². The molecule has 5 heterocycles. The molecule has 3 aromatic rings. The van der Waals surface area contributed by atoms with E-state index in [0.29, 0.717) is 35.7 Å². The molecule has 8 heteroatoms. The Morgan fingerprint density at radius 2 is 2.00 bits per heavy atom. The molecule has 3 fully saturated rings. The number of aryl methyl sites for hydroxylation is 1. The number of benzene rings is 1. The van der Waals surface area contributed by atoms with Crippen molar-refractivity contribution < 1.29 is 14.0 Å². The fraction of sp³-hybridized carbons (Fsp3) is 0.385. The zero-order valence-electron chi connectivity index (χ0n) is 19.5. The van der Waals surface area contributed by atoms with Crippen molar-refractivity contribution in [2.24, 2.45) is 5.92 Å². The summed E-state index contributed by atoms with van der Waals surface area (Å²) in [6, 6.07) is 12.9. The Hall–Kier alpha value is -3.52. The molecule has 3 aliphatic rings. The Kier molecular flexibility index (Phi) is 6.15. The predicted molar refractivity (Wildman–Crippen MR) is 129 cm³/mol. The smallest absolute Gasteiger partial charge is 0.319 e. The Morgan fingerprint density at radius 1 is 1.18 bits per heavy atom. The maximum absolute atomic E-state index is 12.4. The molecule has 176 valence electrons. The van der Waals surface area contributed by atoms with Crippen molar-refractivity contribution in [1.82, 2.24) is 20.2 Å². The second-order valence-electron chi connectivity index (χ2n) is 9.21. The second kappa shape index (κ2) is 9.38. The summed E-state index contributed by atoms with van der Waals surface area (Å²) in [6.45, 7) is 6.02. The van der Waals surface area contributed by atoms with E-state index in [1.165, 1.54) is 6.92 Å². The average molecular weight is 460 g/mol. The van der Waals surface area contributed by atoms with Crippen LogP contribution in [0.5, 0.6) is 0 Å². The van der Waals surface area contributed by atoms with Crippen LogP contribution in [0.4, 0.5) is 10.5 Å². The predicted octanol–water partition coefficient (Wildman–Crippen LogP) is 4.25. The first kappa shape index (κ1) is 22.3. The number of carbonyl (C=O) groups excluding carboxylic acids is 2. The first-order valence-corrected chi connectivity index (χ1v) is 11.8. The zero-order valence-corrected chi connectivity index (χ0v) is 19.5. The number of urea groups is 1. The molecule has 8 nitrogen and oxygen atoms in total. The molecule has 4 atom stereocenters. The molecule has 0 saturated carbocycles. The number of furan rings is 1. The van der Waals surface area contributed by atoms with Gasteiger partial charge in [-0.25, -0.2) is 14.8 Å². The normalized spacial score (nSPS) is 23.5. The summed E-state index contributed by atoms with van der Waals surface area (Å²) in [5.74, 6) is 2.40. The molecular formula is C26H29N5O3. The number of rotatable bonds is 6. The van der Waals surface area contributed by atoms with Gasteiger partial charge in [0, 0.05) is 42.0 Å². The van der Waals surface area contributed by atoms with E-state index in [1.807, 2.05) is 19.1 Å². The number of nitrogens with zero attached hydrogens (tertiary/aromatic N) is 3. The number of hydrogen-bond donors (Lipinski definition) is 2. The molecule has 3 saturated heterocycles. The van der Waals surface area contributed by atoms with Gasteiger partial charge in [-0.2, -0.15) is 0 Å². The molecule has 0 radical (unpaired) electrons. The Bertz CT molecular complexity index is 1180. The van der Waals surface area contributed by atoms with Gasteiger partial charge in [0.25, 0.3) is 0 Å². The van der Waals surface area contributed by atoms with Crippen molar-refractivity contribution in [3.63, 3.8) is 0 Å². The number of anilines is 1. The van der Waals surface area contributed by atoms with Crippen LogP contribution in [0.25, 0.3) is 11.5 Å². The van der Waals surface area contributed by atoms with E-state index >= 15 is 0 Å². The van der Waals surface area contributed by atoms with Crippen molar-refractivity contribution in [3.05, 3.63) is 65.8 Å². The monoisotopic (exact) mass is 459 g/mol. The third-order valence-corrected chi connectivity index (χ3v) is 6.94. The number of hydrogen-bond acceptors (Lipinski definition) is 6. The summed E-state index contributed by atoms with van der Waals surface area (Å²) in [5.41, 5.74) is 3.20. The van der Waals surface area contributed by atoms with Crippen LogP contribution in [0.3, 0.4) is 0 Å². The first-order chi connectivity index (χ1) is 16.5. The summed E-state index contributed by atoms with van der Waals surface area (Å²) in [5, 5.41) is 5.86. The zero-order chi connectivity index (χ0) is 23.7. The van der Waals surface area contributed by atoms with Gasteiger partial charge < -0.3 is 15.1 Å². The Morgan fingerprint density at radius 3 is 2.68 bits per heavy atom. The fourth-order valence-corrected chi connectivity index (χ4v) is 5.19. The van der Waals surface area contributed by atoms with Gasteiger partial charge in [0.2, 0.25) is 0 Å². The largest absolute Gasteiger partial charge is 0.463 e. The van der Waals surface area contributed by atoms with Crippen LogP contribution in [-0.4, -0.2) is 52.4 Å². The van der Waals surface area contributed by atoms with Crippen LogP contribution in [-0.2, 0) is 0 Å². The summed E-state index contributed by atoms with van der Waals surface area (Å²) >= 11 is 0. The Labute approximate surface area is 198 Å². The molecule has 2 amide bonds. The third-order valence-electron chi connectivity index (χ3n) is 6.94. The van der Waals surface area contributed by atoms with Crippen LogP contribution in [0, 0.1) is 12.8 Å². The van der Waals surface area contributed by atoms with E-state index < -0.39 is 0 Å². The van der Waals surface area contributed by atoms with Gasteiger partial charge in [0.05, 0.1) is 6.26 Å². The van der Waals surface area contributed by atoms with Crippen molar-refractivity contribution >= 4 is 17.5 Å². The van der Waals surface area contributed by atoms with E-state index in [9.17, 15) is 9.59 Å². The Balaban J connectivity index is 1.19. The van der Waals surface area contributed by atoms with Crippen molar-refractivity contribution in [2.75, 3.05) is 25.0 Å². The molecule has 1 unspecified atom stereocenters. The highest BCUT2D eigenvalue weighted by Crippen LogP contribution is 2.41. The van der Waals surface area contributed by atoms with E-state index in [2.05, 4.69) is 26.6 Å². The van der Waals surface area contributed by atoms with Crippen LogP contribution in [0.15, 0.2) is 53.1 Å². The maximum Gasteiger partial charge on any atom is 0.319 e. The summed E-state index contributed by atoms with van der Waals surface area (Å²) in [4.78, 5) is 35.6. The minimum Gasteiger partial charge on any atom is -0.463 e. The lowest BCUT2D eigenvalue weighted by Gasteiger charge is -2.49. The lowest BCUT2D eigenvalue weighted by Crippen LogP contribution is -2.56. The van der Waals surface area contributed by atoms with Crippen LogP contribution in [0.1, 0.15) is 47.6 Å². The molecule has 2 aromatic heterocycles.